The number of nitrogens with one attached hydrogen (secondary N) is 1. The van der Waals surface area contributed by atoms with Gasteiger partial charge in [-0.15, -0.1) is 0 Å². The second kappa shape index (κ2) is 10.1. The third-order valence-electron chi connectivity index (χ3n) is 8.10. The number of ether oxygens (including phenoxy) is 1. The summed E-state index contributed by atoms with van der Waals surface area (Å²) in [7, 11) is -1.74. The predicted octanol–water partition coefficient (Wildman–Crippen LogP) is 6.22. The van der Waals surface area contributed by atoms with Crippen LogP contribution in [0.5, 0.6) is 5.75 Å². The fraction of sp³-hybridized carbons (Fsp3) is 0.483. The van der Waals surface area contributed by atoms with E-state index in [-0.39, 0.29) is 17.4 Å². The summed E-state index contributed by atoms with van der Waals surface area (Å²) in [5, 5.41) is 1.04. The van der Waals surface area contributed by atoms with Crippen molar-refractivity contribution < 1.29 is 18.2 Å². The lowest BCUT2D eigenvalue weighted by Gasteiger charge is -2.42. The van der Waals surface area contributed by atoms with Gasteiger partial charge in [-0.25, -0.2) is 13.3 Å². The highest BCUT2D eigenvalue weighted by Crippen LogP contribution is 2.38. The third-order valence-corrected chi connectivity index (χ3v) is 10.1. The third kappa shape index (κ3) is 5.27. The molecule has 198 valence electrons. The van der Waals surface area contributed by atoms with E-state index in [0.29, 0.717) is 30.2 Å². The first-order valence-corrected chi connectivity index (χ1v) is 14.7. The van der Waals surface area contributed by atoms with Crippen LogP contribution in [0.15, 0.2) is 64.1 Å². The number of carbonyl (C=O) groups excluding carboxylic acids is 1. The number of nitrogens with zero attached hydrogens (tertiary/aromatic N) is 2. The molecule has 2 heterocycles. The number of methoxy groups -OCH3 is 1. The summed E-state index contributed by atoms with van der Waals surface area (Å²) in [6, 6.07) is 14.4. The maximum absolute atomic E-state index is 14.2. The monoisotopic (exact) mass is 523 g/mol. The number of furan rings is 1. The Bertz CT molecular complexity index is 1350. The molecule has 8 heteroatoms. The largest absolute Gasteiger partial charge is 0.497 e. The molecule has 5 rings (SSSR count). The minimum Gasteiger partial charge on any atom is -0.497 e. The maximum Gasteiger partial charge on any atom is 0.241 e. The fourth-order valence-electron chi connectivity index (χ4n) is 5.76. The summed E-state index contributed by atoms with van der Waals surface area (Å²) in [6.45, 7) is 5.54. The summed E-state index contributed by atoms with van der Waals surface area (Å²) in [5.41, 5.74) is 2.11. The number of carbonyl (C=O) groups is 1. The van der Waals surface area contributed by atoms with E-state index in [1.807, 2.05) is 23.1 Å². The molecular weight excluding hydrogens is 486 g/mol. The minimum atomic E-state index is -3.32. The van der Waals surface area contributed by atoms with Crippen LogP contribution in [-0.4, -0.2) is 45.1 Å². The smallest absolute Gasteiger partial charge is 0.241 e. The molecule has 0 spiro atoms. The average Bonchev–Trinajstić information content (AvgIpc) is 3.57. The minimum absolute atomic E-state index is 0.0183. The van der Waals surface area contributed by atoms with Crippen molar-refractivity contribution in [2.75, 3.05) is 13.7 Å². The molecule has 1 aliphatic heterocycles. The quantitative estimate of drug-likeness (QED) is 0.398. The lowest BCUT2D eigenvalue weighted by Crippen LogP contribution is -2.51. The average molecular weight is 524 g/mol. The van der Waals surface area contributed by atoms with E-state index in [2.05, 4.69) is 19.9 Å². The highest BCUT2D eigenvalue weighted by molar-refractivity contribution is 7.90. The summed E-state index contributed by atoms with van der Waals surface area (Å²) >= 11 is 0. The zero-order valence-electron chi connectivity index (χ0n) is 21.9. The Morgan fingerprint density at radius 1 is 1.14 bits per heavy atom. The lowest BCUT2D eigenvalue weighted by molar-refractivity contribution is -0.139. The van der Waals surface area contributed by atoms with Crippen LogP contribution in [0.4, 0.5) is 0 Å². The zero-order valence-corrected chi connectivity index (χ0v) is 22.8. The van der Waals surface area contributed by atoms with Gasteiger partial charge in [0.2, 0.25) is 5.91 Å². The van der Waals surface area contributed by atoms with Crippen LogP contribution < -0.4 is 4.74 Å². The lowest BCUT2D eigenvalue weighted by atomic mass is 9.75. The van der Waals surface area contributed by atoms with Crippen LogP contribution in [0.25, 0.3) is 11.0 Å². The van der Waals surface area contributed by atoms with Crippen molar-refractivity contribution in [3.8, 4) is 5.75 Å². The van der Waals surface area contributed by atoms with Crippen LogP contribution in [0.3, 0.4) is 0 Å². The number of benzene rings is 2. The van der Waals surface area contributed by atoms with Gasteiger partial charge < -0.3 is 14.1 Å². The maximum atomic E-state index is 14.2. The van der Waals surface area contributed by atoms with Gasteiger partial charge in [0, 0.05) is 24.5 Å². The molecule has 7 nitrogen and oxygen atoms in total. The standard InChI is InChI=1S/C29H37N3O4S/c1-29(2)15-12-23(13-16-29)31(20-21-6-7-22-14-18-36-27(22)19-21)28(33)26-5-4-17-32(26)37(30,34)25-10-8-24(35-3)9-11-25/h6-11,14,18-19,23,26,30H,4-5,12-13,15-17,20H2,1-3H3/t26-,37?/m0/s1. The van der Waals surface area contributed by atoms with Gasteiger partial charge in [-0.05, 0) is 85.9 Å². The van der Waals surface area contributed by atoms with Gasteiger partial charge in [-0.3, -0.25) is 4.79 Å². The van der Waals surface area contributed by atoms with Crippen LogP contribution in [0, 0.1) is 10.2 Å². The molecule has 1 amide bonds. The molecule has 3 aromatic rings. The predicted molar refractivity (Wildman–Crippen MR) is 145 cm³/mol. The molecule has 2 atom stereocenters. The van der Waals surface area contributed by atoms with Crippen molar-refractivity contribution in [2.24, 2.45) is 5.41 Å². The number of rotatable bonds is 7. The number of fused-ring (bicyclic) bond motifs is 1. The summed E-state index contributed by atoms with van der Waals surface area (Å²) in [4.78, 5) is 16.7. The highest BCUT2D eigenvalue weighted by Gasteiger charge is 2.42. The Hall–Kier alpha value is -2.84. The van der Waals surface area contributed by atoms with Crippen molar-refractivity contribution in [1.82, 2.24) is 9.21 Å². The topological polar surface area (TPSA) is 86.8 Å². The van der Waals surface area contributed by atoms with Gasteiger partial charge in [0.05, 0.1) is 18.3 Å². The van der Waals surface area contributed by atoms with Crippen molar-refractivity contribution in [3.05, 3.63) is 60.4 Å². The van der Waals surface area contributed by atoms with Crippen molar-refractivity contribution in [2.45, 2.75) is 75.9 Å². The summed E-state index contributed by atoms with van der Waals surface area (Å²) in [6.07, 6.45) is 7.05. The van der Waals surface area contributed by atoms with Gasteiger partial charge >= 0.3 is 0 Å². The van der Waals surface area contributed by atoms with Gasteiger partial charge in [0.15, 0.2) is 0 Å². The summed E-state index contributed by atoms with van der Waals surface area (Å²) in [5.74, 6) is 0.628. The molecule has 37 heavy (non-hydrogen) atoms. The van der Waals surface area contributed by atoms with Crippen molar-refractivity contribution in [3.63, 3.8) is 0 Å². The SMILES string of the molecule is COc1ccc(S(=N)(=O)N2CCC[C@H]2C(=O)N(Cc2ccc3ccoc3c2)C2CCC(C)(C)CC2)cc1. The first-order chi connectivity index (χ1) is 17.7. The molecule has 2 aromatic carbocycles. The molecule has 0 bridgehead atoms. The molecule has 0 radical (unpaired) electrons. The van der Waals surface area contributed by atoms with E-state index in [1.54, 1.807) is 41.9 Å². The molecule has 2 aliphatic rings. The Balaban J connectivity index is 1.43. The van der Waals surface area contributed by atoms with Crippen molar-refractivity contribution >= 4 is 26.8 Å². The fourth-order valence-corrected chi connectivity index (χ4v) is 7.47. The number of amides is 1. The molecule has 1 saturated carbocycles. The van der Waals surface area contributed by atoms with Crippen LogP contribution in [-0.2, 0) is 21.3 Å². The van der Waals surface area contributed by atoms with Crippen LogP contribution in [0.2, 0.25) is 0 Å². The van der Waals surface area contributed by atoms with E-state index < -0.39 is 16.0 Å². The van der Waals surface area contributed by atoms with Crippen LogP contribution in [0.1, 0.15) is 57.9 Å². The Morgan fingerprint density at radius 3 is 2.57 bits per heavy atom. The van der Waals surface area contributed by atoms with Crippen molar-refractivity contribution in [1.29, 1.82) is 4.78 Å². The molecule has 1 N–H and O–H groups in total. The second-order valence-electron chi connectivity index (χ2n) is 11.2. The highest BCUT2D eigenvalue weighted by atomic mass is 32.2. The molecule has 2 fully saturated rings. The molecule has 1 aromatic heterocycles. The number of hydrogen-bond donors (Lipinski definition) is 1. The normalized spacial score (nSPS) is 22.1. The van der Waals surface area contributed by atoms with E-state index in [0.717, 1.165) is 48.6 Å². The van der Waals surface area contributed by atoms with E-state index in [4.69, 9.17) is 13.9 Å². The van der Waals surface area contributed by atoms with Gasteiger partial charge in [-0.2, -0.15) is 0 Å². The van der Waals surface area contributed by atoms with Gasteiger partial charge in [-0.1, -0.05) is 26.0 Å². The second-order valence-corrected chi connectivity index (χ2v) is 13.1. The van der Waals surface area contributed by atoms with E-state index >= 15 is 0 Å². The first-order valence-electron chi connectivity index (χ1n) is 13.1. The van der Waals surface area contributed by atoms with Gasteiger partial charge in [0.1, 0.15) is 27.3 Å². The Kier molecular flexibility index (Phi) is 7.07. The van der Waals surface area contributed by atoms with E-state index in [9.17, 15) is 9.00 Å². The van der Waals surface area contributed by atoms with Gasteiger partial charge in [0.25, 0.3) is 0 Å². The molecule has 1 unspecified atom stereocenters. The molecule has 1 aliphatic carbocycles. The Labute approximate surface area is 219 Å². The van der Waals surface area contributed by atoms with E-state index in [1.165, 1.54) is 0 Å². The summed E-state index contributed by atoms with van der Waals surface area (Å²) < 4.78 is 35.2. The molecular formula is C29H37N3O4S. The Morgan fingerprint density at radius 2 is 1.86 bits per heavy atom. The molecule has 1 saturated heterocycles. The number of hydrogen-bond acceptors (Lipinski definition) is 5. The zero-order chi connectivity index (χ0) is 26.2. The first kappa shape index (κ1) is 25.8. The van der Waals surface area contributed by atoms with Crippen LogP contribution >= 0.6 is 0 Å².